The summed E-state index contributed by atoms with van der Waals surface area (Å²) in [5.74, 6) is -1.57. The third-order valence-electron chi connectivity index (χ3n) is 5.16. The van der Waals surface area contributed by atoms with E-state index < -0.39 is 23.1 Å². The molecule has 0 saturated carbocycles. The zero-order chi connectivity index (χ0) is 20.0. The maximum atomic E-state index is 12.8. The minimum absolute atomic E-state index is 0.00449. The molecule has 27 heavy (non-hydrogen) atoms. The topological polar surface area (TPSA) is 92.8 Å². The number of rotatable bonds is 8. The van der Waals surface area contributed by atoms with E-state index in [1.807, 2.05) is 0 Å². The number of aldehydes is 1. The van der Waals surface area contributed by atoms with Crippen LogP contribution in [0.3, 0.4) is 0 Å². The number of benzene rings is 1. The molecule has 0 bridgehead atoms. The summed E-state index contributed by atoms with van der Waals surface area (Å²) in [6.07, 6.45) is 2.35. The molecule has 146 valence electrons. The Bertz CT molecular complexity index is 727. The molecule has 1 heterocycles. The number of hydrogen-bond acceptors (Lipinski definition) is 5. The minimum atomic E-state index is -1.77. The van der Waals surface area contributed by atoms with E-state index >= 15 is 0 Å². The summed E-state index contributed by atoms with van der Waals surface area (Å²) in [5.41, 5.74) is -1.56. The van der Waals surface area contributed by atoms with Crippen LogP contribution in [-0.4, -0.2) is 54.5 Å². The van der Waals surface area contributed by atoms with Gasteiger partial charge in [0.15, 0.2) is 17.6 Å². The van der Waals surface area contributed by atoms with E-state index in [-0.39, 0.29) is 17.9 Å². The van der Waals surface area contributed by atoms with Gasteiger partial charge in [0.2, 0.25) is 5.91 Å². The van der Waals surface area contributed by atoms with Crippen LogP contribution in [0.2, 0.25) is 0 Å². The Hall–Kier alpha value is -2.70. The predicted molar refractivity (Wildman–Crippen MR) is 99.5 cm³/mol. The number of nitrogens with one attached hydrogen (secondary N) is 1. The van der Waals surface area contributed by atoms with Gasteiger partial charge < -0.3 is 19.7 Å². The van der Waals surface area contributed by atoms with Crippen molar-refractivity contribution >= 4 is 23.9 Å². The predicted octanol–water partition coefficient (Wildman–Crippen LogP) is 1.60. The first-order valence-electron chi connectivity index (χ1n) is 9.06. The second-order valence-corrected chi connectivity index (χ2v) is 6.89. The van der Waals surface area contributed by atoms with Gasteiger partial charge in [0, 0.05) is 25.4 Å². The van der Waals surface area contributed by atoms with Crippen LogP contribution < -0.4 is 10.1 Å². The molecule has 0 spiro atoms. The van der Waals surface area contributed by atoms with Crippen molar-refractivity contribution in [3.05, 3.63) is 29.8 Å². The molecular formula is C20H26N2O5. The van der Waals surface area contributed by atoms with Gasteiger partial charge in [0.05, 0.1) is 12.7 Å². The molecule has 0 radical (unpaired) electrons. The van der Waals surface area contributed by atoms with Gasteiger partial charge in [-0.1, -0.05) is 19.1 Å². The summed E-state index contributed by atoms with van der Waals surface area (Å²) >= 11 is 0. The molecule has 2 atom stereocenters. The Morgan fingerprint density at radius 2 is 1.89 bits per heavy atom. The molecule has 7 heteroatoms. The average Bonchev–Trinajstić information content (AvgIpc) is 3.20. The van der Waals surface area contributed by atoms with Crippen LogP contribution in [0.1, 0.15) is 43.5 Å². The van der Waals surface area contributed by atoms with E-state index in [0.29, 0.717) is 25.1 Å². The summed E-state index contributed by atoms with van der Waals surface area (Å²) in [5, 5.41) is 2.56. The van der Waals surface area contributed by atoms with Crippen LogP contribution in [0.4, 0.5) is 0 Å². The van der Waals surface area contributed by atoms with Gasteiger partial charge in [-0.15, -0.1) is 0 Å². The highest BCUT2D eigenvalue weighted by Crippen LogP contribution is 2.25. The summed E-state index contributed by atoms with van der Waals surface area (Å²) in [6.45, 7) is 4.25. The SMILES string of the molecule is COc1ccccc1C(=O)N[C@@](C=O)(C(C)=O)C(C)CC(=O)N1CCCC1. The van der Waals surface area contributed by atoms with E-state index in [0.717, 1.165) is 12.8 Å². The fraction of sp³-hybridized carbons (Fsp3) is 0.500. The summed E-state index contributed by atoms with van der Waals surface area (Å²) in [6, 6.07) is 6.54. The fourth-order valence-corrected chi connectivity index (χ4v) is 3.39. The van der Waals surface area contributed by atoms with E-state index in [1.54, 1.807) is 36.1 Å². The van der Waals surface area contributed by atoms with Crippen molar-refractivity contribution in [1.82, 2.24) is 10.2 Å². The Kier molecular flexibility index (Phi) is 6.71. The fourth-order valence-electron chi connectivity index (χ4n) is 3.39. The molecule has 2 amide bonds. The van der Waals surface area contributed by atoms with Crippen molar-refractivity contribution in [2.24, 2.45) is 5.92 Å². The third-order valence-corrected chi connectivity index (χ3v) is 5.16. The number of para-hydroxylation sites is 1. The lowest BCUT2D eigenvalue weighted by Gasteiger charge is -2.33. The monoisotopic (exact) mass is 374 g/mol. The number of carbonyl (C=O) groups is 4. The van der Waals surface area contributed by atoms with Crippen LogP contribution in [-0.2, 0) is 14.4 Å². The Morgan fingerprint density at radius 3 is 2.44 bits per heavy atom. The zero-order valence-corrected chi connectivity index (χ0v) is 16.0. The Labute approximate surface area is 159 Å². The molecule has 0 aromatic heterocycles. The van der Waals surface area contributed by atoms with Crippen molar-refractivity contribution < 1.29 is 23.9 Å². The minimum Gasteiger partial charge on any atom is -0.496 e. The molecule has 1 fully saturated rings. The first kappa shape index (κ1) is 20.6. The normalized spacial score (nSPS) is 16.9. The number of nitrogens with zero attached hydrogens (tertiary/aromatic N) is 1. The highest BCUT2D eigenvalue weighted by atomic mass is 16.5. The van der Waals surface area contributed by atoms with Gasteiger partial charge in [0.25, 0.3) is 5.91 Å². The number of amides is 2. The lowest BCUT2D eigenvalue weighted by molar-refractivity contribution is -0.135. The maximum Gasteiger partial charge on any atom is 0.256 e. The highest BCUT2D eigenvalue weighted by Gasteiger charge is 2.44. The number of hydrogen-bond donors (Lipinski definition) is 1. The Morgan fingerprint density at radius 1 is 1.26 bits per heavy atom. The Balaban J connectivity index is 2.24. The van der Waals surface area contributed by atoms with Crippen LogP contribution in [0.5, 0.6) is 5.75 Å². The van der Waals surface area contributed by atoms with Crippen LogP contribution in [0.25, 0.3) is 0 Å². The molecule has 1 aromatic rings. The maximum absolute atomic E-state index is 12.8. The molecule has 1 unspecified atom stereocenters. The summed E-state index contributed by atoms with van der Waals surface area (Å²) in [7, 11) is 1.43. The molecule has 0 aliphatic carbocycles. The van der Waals surface area contributed by atoms with Crippen molar-refractivity contribution in [2.75, 3.05) is 20.2 Å². The molecule has 1 aliphatic rings. The van der Waals surface area contributed by atoms with Gasteiger partial charge >= 0.3 is 0 Å². The van der Waals surface area contributed by atoms with Crippen molar-refractivity contribution in [3.8, 4) is 5.75 Å². The molecule has 2 rings (SSSR count). The molecule has 1 aliphatic heterocycles. The highest BCUT2D eigenvalue weighted by molar-refractivity contribution is 6.09. The van der Waals surface area contributed by atoms with E-state index in [9.17, 15) is 19.2 Å². The number of likely N-dealkylation sites (tertiary alicyclic amines) is 1. The quantitative estimate of drug-likeness (QED) is 0.551. The van der Waals surface area contributed by atoms with E-state index in [2.05, 4.69) is 5.32 Å². The van der Waals surface area contributed by atoms with Crippen LogP contribution >= 0.6 is 0 Å². The summed E-state index contributed by atoms with van der Waals surface area (Å²) < 4.78 is 5.17. The third kappa shape index (κ3) is 4.35. The van der Waals surface area contributed by atoms with E-state index in [1.165, 1.54) is 14.0 Å². The molecule has 1 saturated heterocycles. The molecular weight excluding hydrogens is 348 g/mol. The standard InChI is InChI=1S/C20H26N2O5/c1-14(12-18(25)22-10-6-7-11-22)20(13-23,15(2)24)21-19(26)16-8-4-5-9-17(16)27-3/h4-5,8-9,13-14H,6-7,10-12H2,1-3H3,(H,21,26)/t14?,20-/m1/s1. The second-order valence-electron chi connectivity index (χ2n) is 6.89. The molecule has 7 nitrogen and oxygen atoms in total. The molecule has 1 N–H and O–H groups in total. The number of methoxy groups -OCH3 is 1. The number of carbonyl (C=O) groups excluding carboxylic acids is 4. The van der Waals surface area contributed by atoms with Gasteiger partial charge in [-0.2, -0.15) is 0 Å². The first-order chi connectivity index (χ1) is 12.9. The van der Waals surface area contributed by atoms with Crippen molar-refractivity contribution in [3.63, 3.8) is 0 Å². The lowest BCUT2D eigenvalue weighted by Crippen LogP contribution is -2.60. The number of ketones is 1. The first-order valence-corrected chi connectivity index (χ1v) is 9.06. The number of Topliss-reactive ketones (excluding diaryl/α,β-unsaturated/α-hetero) is 1. The average molecular weight is 374 g/mol. The number of ether oxygens (including phenoxy) is 1. The van der Waals surface area contributed by atoms with Crippen molar-refractivity contribution in [2.45, 2.75) is 38.6 Å². The van der Waals surface area contributed by atoms with Gasteiger partial charge in [-0.3, -0.25) is 14.4 Å². The van der Waals surface area contributed by atoms with E-state index in [4.69, 9.17) is 4.74 Å². The molecule has 1 aromatic carbocycles. The van der Waals surface area contributed by atoms with Crippen molar-refractivity contribution in [1.29, 1.82) is 0 Å². The lowest BCUT2D eigenvalue weighted by atomic mass is 9.80. The summed E-state index contributed by atoms with van der Waals surface area (Å²) in [4.78, 5) is 51.2. The van der Waals surface area contributed by atoms with Gasteiger partial charge in [0.1, 0.15) is 5.75 Å². The van der Waals surface area contributed by atoms with Crippen LogP contribution in [0, 0.1) is 5.92 Å². The largest absolute Gasteiger partial charge is 0.496 e. The second kappa shape index (κ2) is 8.79. The van der Waals surface area contributed by atoms with Crippen LogP contribution in [0.15, 0.2) is 24.3 Å². The van der Waals surface area contributed by atoms with Gasteiger partial charge in [-0.25, -0.2) is 0 Å². The smallest absolute Gasteiger partial charge is 0.256 e. The zero-order valence-electron chi connectivity index (χ0n) is 16.0. The van der Waals surface area contributed by atoms with Gasteiger partial charge in [-0.05, 0) is 31.9 Å².